The largest absolute Gasteiger partial charge is 0.326 e. The molecule has 19 heavy (non-hydrogen) atoms. The van der Waals surface area contributed by atoms with E-state index in [-0.39, 0.29) is 24.2 Å². The number of amides is 2. The molecule has 0 saturated heterocycles. The second-order valence-electron chi connectivity index (χ2n) is 4.21. The van der Waals surface area contributed by atoms with Gasteiger partial charge in [0.15, 0.2) is 0 Å². The minimum Gasteiger partial charge on any atom is -0.326 e. The average molecular weight is 286 g/mol. The number of carbonyl (C=O) groups excluding carboxylic acids is 2. The van der Waals surface area contributed by atoms with E-state index in [0.717, 1.165) is 5.56 Å². The smallest absolute Gasteiger partial charge is 0.241 e. The molecule has 0 spiro atoms. The van der Waals surface area contributed by atoms with Gasteiger partial charge in [0, 0.05) is 17.8 Å². The number of nitrogens with two attached hydrogens (primary N) is 1. The summed E-state index contributed by atoms with van der Waals surface area (Å²) in [6.45, 7) is 5.28. The number of carbonyl (C=O) groups is 2. The number of aryl methyl sites for hydroxylation is 1. The van der Waals surface area contributed by atoms with Gasteiger partial charge in [-0.1, -0.05) is 13.0 Å². The van der Waals surface area contributed by atoms with Crippen molar-refractivity contribution in [2.24, 2.45) is 5.73 Å². The minimum atomic E-state index is -0.571. The molecule has 6 heteroatoms. The van der Waals surface area contributed by atoms with Crippen LogP contribution in [0.15, 0.2) is 18.2 Å². The Morgan fingerprint density at radius 3 is 2.47 bits per heavy atom. The standard InChI is InChI=1S/C13H19N3O2.ClH/c1-4-12(17)15-10-6-5-8(2)11(7-10)16-13(18)9(3)14;/h5-7,9H,4,14H2,1-3H3,(H,15,17)(H,16,18);1H/t9-;/m0./s1. The summed E-state index contributed by atoms with van der Waals surface area (Å²) < 4.78 is 0. The van der Waals surface area contributed by atoms with Crippen molar-refractivity contribution >= 4 is 35.6 Å². The molecule has 1 rings (SSSR count). The van der Waals surface area contributed by atoms with Gasteiger partial charge >= 0.3 is 0 Å². The van der Waals surface area contributed by atoms with Crippen LogP contribution in [0.2, 0.25) is 0 Å². The van der Waals surface area contributed by atoms with Crippen LogP contribution in [0.4, 0.5) is 11.4 Å². The lowest BCUT2D eigenvalue weighted by Gasteiger charge is -2.12. The Morgan fingerprint density at radius 1 is 1.32 bits per heavy atom. The zero-order valence-corrected chi connectivity index (χ0v) is 12.1. The van der Waals surface area contributed by atoms with Crippen LogP contribution >= 0.6 is 12.4 Å². The third-order valence-corrected chi connectivity index (χ3v) is 2.51. The second-order valence-corrected chi connectivity index (χ2v) is 4.21. The van der Waals surface area contributed by atoms with Crippen molar-refractivity contribution in [3.63, 3.8) is 0 Å². The van der Waals surface area contributed by atoms with Crippen molar-refractivity contribution in [1.29, 1.82) is 0 Å². The van der Waals surface area contributed by atoms with Crippen LogP contribution in [-0.2, 0) is 9.59 Å². The number of benzene rings is 1. The average Bonchev–Trinajstić information content (AvgIpc) is 2.33. The summed E-state index contributed by atoms with van der Waals surface area (Å²) in [5.41, 5.74) is 7.73. The first kappa shape index (κ1) is 17.4. The van der Waals surface area contributed by atoms with Gasteiger partial charge in [-0.3, -0.25) is 9.59 Å². The second kappa shape index (κ2) is 7.76. The normalized spacial score (nSPS) is 11.2. The van der Waals surface area contributed by atoms with E-state index in [1.54, 1.807) is 26.0 Å². The van der Waals surface area contributed by atoms with E-state index < -0.39 is 6.04 Å². The molecular weight excluding hydrogens is 266 g/mol. The molecule has 0 unspecified atom stereocenters. The fraction of sp³-hybridized carbons (Fsp3) is 0.385. The van der Waals surface area contributed by atoms with Crippen molar-refractivity contribution in [1.82, 2.24) is 0 Å². The predicted molar refractivity (Wildman–Crippen MR) is 79.6 cm³/mol. The highest BCUT2D eigenvalue weighted by atomic mass is 35.5. The third-order valence-electron chi connectivity index (χ3n) is 2.51. The Labute approximate surface area is 119 Å². The number of hydrogen-bond acceptors (Lipinski definition) is 3. The maximum absolute atomic E-state index is 11.5. The van der Waals surface area contributed by atoms with Gasteiger partial charge in [-0.15, -0.1) is 12.4 Å². The number of anilines is 2. The van der Waals surface area contributed by atoms with Crippen LogP contribution < -0.4 is 16.4 Å². The molecule has 0 aliphatic carbocycles. The summed E-state index contributed by atoms with van der Waals surface area (Å²) in [6, 6.07) is 4.79. The monoisotopic (exact) mass is 285 g/mol. The molecule has 1 aromatic carbocycles. The highest BCUT2D eigenvalue weighted by Crippen LogP contribution is 2.20. The fourth-order valence-electron chi connectivity index (χ4n) is 1.33. The van der Waals surface area contributed by atoms with E-state index >= 15 is 0 Å². The number of halogens is 1. The predicted octanol–water partition coefficient (Wildman–Crippen LogP) is 2.05. The van der Waals surface area contributed by atoms with E-state index in [9.17, 15) is 9.59 Å². The highest BCUT2D eigenvalue weighted by Gasteiger charge is 2.10. The van der Waals surface area contributed by atoms with Gasteiger partial charge in [-0.25, -0.2) is 0 Å². The maximum atomic E-state index is 11.5. The van der Waals surface area contributed by atoms with Crippen molar-refractivity contribution in [2.75, 3.05) is 10.6 Å². The van der Waals surface area contributed by atoms with Crippen LogP contribution in [0.25, 0.3) is 0 Å². The van der Waals surface area contributed by atoms with Crippen LogP contribution in [-0.4, -0.2) is 17.9 Å². The van der Waals surface area contributed by atoms with Crippen LogP contribution in [0, 0.1) is 6.92 Å². The molecule has 0 aliphatic rings. The van der Waals surface area contributed by atoms with Crippen molar-refractivity contribution < 1.29 is 9.59 Å². The highest BCUT2D eigenvalue weighted by molar-refractivity contribution is 5.96. The Morgan fingerprint density at radius 2 is 1.95 bits per heavy atom. The Balaban J connectivity index is 0.00000324. The fourth-order valence-corrected chi connectivity index (χ4v) is 1.33. The van der Waals surface area contributed by atoms with Gasteiger partial charge in [0.05, 0.1) is 6.04 Å². The van der Waals surface area contributed by atoms with E-state index in [1.807, 2.05) is 13.0 Å². The van der Waals surface area contributed by atoms with E-state index in [0.29, 0.717) is 17.8 Å². The van der Waals surface area contributed by atoms with Gasteiger partial charge in [0.25, 0.3) is 0 Å². The van der Waals surface area contributed by atoms with E-state index in [4.69, 9.17) is 5.73 Å². The van der Waals surface area contributed by atoms with Crippen LogP contribution in [0.5, 0.6) is 0 Å². The van der Waals surface area contributed by atoms with Gasteiger partial charge in [0.1, 0.15) is 0 Å². The van der Waals surface area contributed by atoms with Crippen molar-refractivity contribution in [3.8, 4) is 0 Å². The molecule has 2 amide bonds. The van der Waals surface area contributed by atoms with Gasteiger partial charge in [-0.05, 0) is 31.5 Å². The first-order chi connectivity index (χ1) is 8.43. The summed E-state index contributed by atoms with van der Waals surface area (Å²) >= 11 is 0. The lowest BCUT2D eigenvalue weighted by atomic mass is 10.1. The van der Waals surface area contributed by atoms with E-state index in [1.165, 1.54) is 0 Å². The van der Waals surface area contributed by atoms with Gasteiger partial charge in [0.2, 0.25) is 11.8 Å². The maximum Gasteiger partial charge on any atom is 0.241 e. The number of hydrogen-bond donors (Lipinski definition) is 3. The quantitative estimate of drug-likeness (QED) is 0.791. The van der Waals surface area contributed by atoms with Gasteiger partial charge in [-0.2, -0.15) is 0 Å². The molecule has 1 aromatic rings. The summed E-state index contributed by atoms with van der Waals surface area (Å²) in [7, 11) is 0. The molecule has 5 nitrogen and oxygen atoms in total. The molecule has 0 fully saturated rings. The minimum absolute atomic E-state index is 0. The lowest BCUT2D eigenvalue weighted by molar-refractivity contribution is -0.117. The van der Waals surface area contributed by atoms with Gasteiger partial charge < -0.3 is 16.4 Å². The zero-order chi connectivity index (χ0) is 13.7. The molecule has 0 aromatic heterocycles. The zero-order valence-electron chi connectivity index (χ0n) is 11.3. The Bertz CT molecular complexity index is 461. The lowest BCUT2D eigenvalue weighted by Crippen LogP contribution is -2.32. The molecule has 0 heterocycles. The third kappa shape index (κ3) is 5.28. The molecule has 0 radical (unpaired) electrons. The SMILES string of the molecule is CCC(=O)Nc1ccc(C)c(NC(=O)[C@H](C)N)c1.Cl. The topological polar surface area (TPSA) is 84.2 Å². The molecule has 0 bridgehead atoms. The Hall–Kier alpha value is -1.59. The molecule has 0 aliphatic heterocycles. The van der Waals surface area contributed by atoms with E-state index in [2.05, 4.69) is 10.6 Å². The number of nitrogens with one attached hydrogen (secondary N) is 2. The van der Waals surface area contributed by atoms with Crippen LogP contribution in [0.3, 0.4) is 0 Å². The number of rotatable bonds is 4. The first-order valence-electron chi connectivity index (χ1n) is 5.91. The summed E-state index contributed by atoms with van der Waals surface area (Å²) in [6.07, 6.45) is 0.412. The summed E-state index contributed by atoms with van der Waals surface area (Å²) in [5.74, 6) is -0.319. The molecule has 0 saturated carbocycles. The summed E-state index contributed by atoms with van der Waals surface area (Å²) in [5, 5.41) is 5.47. The first-order valence-corrected chi connectivity index (χ1v) is 5.91. The molecule has 106 valence electrons. The Kier molecular flexibility index (Phi) is 7.11. The van der Waals surface area contributed by atoms with Crippen LogP contribution in [0.1, 0.15) is 25.8 Å². The van der Waals surface area contributed by atoms with Crippen molar-refractivity contribution in [2.45, 2.75) is 33.2 Å². The molecule has 1 atom stereocenters. The van der Waals surface area contributed by atoms with Crippen molar-refractivity contribution in [3.05, 3.63) is 23.8 Å². The molecule has 4 N–H and O–H groups in total. The summed E-state index contributed by atoms with van der Waals surface area (Å²) in [4.78, 5) is 22.8. The molecular formula is C13H20ClN3O2.